The van der Waals surface area contributed by atoms with E-state index in [9.17, 15) is 0 Å². The summed E-state index contributed by atoms with van der Waals surface area (Å²) in [6.07, 6.45) is 5.59. The monoisotopic (exact) mass is 383 g/mol. The van der Waals surface area contributed by atoms with Crippen molar-refractivity contribution in [2.45, 2.75) is 13.8 Å². The summed E-state index contributed by atoms with van der Waals surface area (Å²) in [6, 6.07) is 16.6. The molecule has 4 heterocycles. The predicted molar refractivity (Wildman–Crippen MR) is 113 cm³/mol. The molecule has 5 rings (SSSR count). The maximum Gasteiger partial charge on any atom is 0.168 e. The summed E-state index contributed by atoms with van der Waals surface area (Å²) in [5.74, 6) is 1.68. The number of fused-ring (bicyclic) bond motifs is 1. The Balaban J connectivity index is 1.65. The molecule has 4 aromatic heterocycles. The highest BCUT2D eigenvalue weighted by atomic mass is 32.1. The lowest BCUT2D eigenvalue weighted by atomic mass is 10.1. The van der Waals surface area contributed by atoms with Crippen LogP contribution in [0.1, 0.15) is 11.4 Å². The number of benzene rings is 1. The zero-order valence-electron chi connectivity index (χ0n) is 15.5. The van der Waals surface area contributed by atoms with Gasteiger partial charge in [-0.2, -0.15) is 0 Å². The van der Waals surface area contributed by atoms with Crippen molar-refractivity contribution in [2.24, 2.45) is 0 Å². The Labute approximate surface area is 166 Å². The first-order valence-electron chi connectivity index (χ1n) is 9.00. The molecule has 0 saturated heterocycles. The summed E-state index contributed by atoms with van der Waals surface area (Å²) >= 11 is 1.68. The van der Waals surface area contributed by atoms with Gasteiger partial charge in [-0.15, -0.1) is 21.5 Å². The summed E-state index contributed by atoms with van der Waals surface area (Å²) in [7, 11) is 0. The minimum atomic E-state index is 0.798. The van der Waals surface area contributed by atoms with Crippen LogP contribution in [0.3, 0.4) is 0 Å². The Morgan fingerprint density at radius 3 is 2.39 bits per heavy atom. The van der Waals surface area contributed by atoms with E-state index in [4.69, 9.17) is 0 Å². The van der Waals surface area contributed by atoms with Crippen molar-refractivity contribution < 1.29 is 0 Å². The number of imidazole rings is 1. The molecule has 0 fully saturated rings. The average molecular weight is 383 g/mol. The molecule has 0 aliphatic rings. The number of hydrogen-bond acceptors (Lipinski definition) is 5. The molecular formula is C22H17N5S. The maximum absolute atomic E-state index is 4.59. The number of nitrogens with zero attached hydrogens (tertiary/aromatic N) is 5. The van der Waals surface area contributed by atoms with E-state index in [-0.39, 0.29) is 0 Å². The molecule has 0 N–H and O–H groups in total. The van der Waals surface area contributed by atoms with Gasteiger partial charge < -0.3 is 0 Å². The van der Waals surface area contributed by atoms with E-state index in [2.05, 4.69) is 56.6 Å². The van der Waals surface area contributed by atoms with Crippen molar-refractivity contribution in [1.82, 2.24) is 24.7 Å². The van der Waals surface area contributed by atoms with Crippen molar-refractivity contribution in [2.75, 3.05) is 0 Å². The van der Waals surface area contributed by atoms with Crippen LogP contribution in [0.5, 0.6) is 0 Å². The summed E-state index contributed by atoms with van der Waals surface area (Å²) in [6.45, 7) is 4.01. The van der Waals surface area contributed by atoms with Gasteiger partial charge in [-0.3, -0.25) is 9.55 Å². The van der Waals surface area contributed by atoms with Crippen molar-refractivity contribution in [3.8, 4) is 27.0 Å². The third-order valence-electron chi connectivity index (χ3n) is 4.72. The normalized spacial score (nSPS) is 11.2. The van der Waals surface area contributed by atoms with Crippen molar-refractivity contribution in [3.63, 3.8) is 0 Å². The Hall–Kier alpha value is -3.38. The SMILES string of the molecule is Cc1ccc(-c2ccc(-c3nnc(-n4ccnc4C)c4ccccc34)s2)nc1. The lowest BCUT2D eigenvalue weighted by Crippen LogP contribution is -2.02. The first kappa shape index (κ1) is 16.8. The molecule has 0 bridgehead atoms. The topological polar surface area (TPSA) is 56.5 Å². The highest BCUT2D eigenvalue weighted by Crippen LogP contribution is 2.36. The number of aromatic nitrogens is 5. The molecule has 136 valence electrons. The van der Waals surface area contributed by atoms with E-state index in [1.54, 1.807) is 17.5 Å². The molecule has 5 nitrogen and oxygen atoms in total. The van der Waals surface area contributed by atoms with Crippen LogP contribution in [0.15, 0.2) is 67.1 Å². The molecule has 0 amide bonds. The van der Waals surface area contributed by atoms with Crippen LogP contribution in [0.4, 0.5) is 0 Å². The number of rotatable bonds is 3. The zero-order valence-corrected chi connectivity index (χ0v) is 16.3. The first-order chi connectivity index (χ1) is 13.7. The molecule has 0 atom stereocenters. The molecule has 1 aromatic carbocycles. The minimum absolute atomic E-state index is 0.798. The molecular weight excluding hydrogens is 366 g/mol. The van der Waals surface area contributed by atoms with Crippen LogP contribution in [-0.4, -0.2) is 24.7 Å². The van der Waals surface area contributed by atoms with Gasteiger partial charge in [0.25, 0.3) is 0 Å². The van der Waals surface area contributed by atoms with Crippen molar-refractivity contribution in [1.29, 1.82) is 0 Å². The smallest absolute Gasteiger partial charge is 0.168 e. The van der Waals surface area contributed by atoms with Crippen LogP contribution in [-0.2, 0) is 0 Å². The van der Waals surface area contributed by atoms with Gasteiger partial charge in [0.2, 0.25) is 0 Å². The standard InChI is InChI=1S/C22H17N5S/c1-14-7-8-18(24-13-14)19-9-10-20(28-19)21-16-5-3-4-6-17(16)22(26-25-21)27-12-11-23-15(27)2/h3-13H,1-2H3. The van der Waals surface area contributed by atoms with E-state index in [0.29, 0.717) is 0 Å². The van der Waals surface area contributed by atoms with Gasteiger partial charge in [0.05, 0.1) is 15.4 Å². The third-order valence-corrected chi connectivity index (χ3v) is 5.84. The summed E-state index contributed by atoms with van der Waals surface area (Å²) < 4.78 is 1.97. The van der Waals surface area contributed by atoms with Gasteiger partial charge in [0.15, 0.2) is 5.82 Å². The van der Waals surface area contributed by atoms with E-state index in [1.807, 2.05) is 42.9 Å². The van der Waals surface area contributed by atoms with Crippen LogP contribution < -0.4 is 0 Å². The molecule has 0 aliphatic heterocycles. The fraction of sp³-hybridized carbons (Fsp3) is 0.0909. The van der Waals surface area contributed by atoms with Crippen LogP contribution in [0, 0.1) is 13.8 Å². The molecule has 0 spiro atoms. The van der Waals surface area contributed by atoms with Crippen LogP contribution >= 0.6 is 11.3 Å². The Kier molecular flexibility index (Phi) is 3.98. The number of pyridine rings is 1. The Morgan fingerprint density at radius 2 is 1.64 bits per heavy atom. The van der Waals surface area contributed by atoms with Gasteiger partial charge in [-0.25, -0.2) is 4.98 Å². The van der Waals surface area contributed by atoms with Gasteiger partial charge in [0, 0.05) is 29.4 Å². The van der Waals surface area contributed by atoms with Crippen molar-refractivity contribution in [3.05, 3.63) is 78.5 Å². The highest BCUT2D eigenvalue weighted by Gasteiger charge is 2.15. The average Bonchev–Trinajstić information content (AvgIpc) is 3.37. The van der Waals surface area contributed by atoms with E-state index >= 15 is 0 Å². The Bertz CT molecular complexity index is 1280. The van der Waals surface area contributed by atoms with Crippen molar-refractivity contribution >= 4 is 22.1 Å². The quantitative estimate of drug-likeness (QED) is 0.428. The molecule has 0 radical (unpaired) electrons. The maximum atomic E-state index is 4.59. The van der Waals surface area contributed by atoms with Gasteiger partial charge in [0.1, 0.15) is 11.5 Å². The van der Waals surface area contributed by atoms with Crippen LogP contribution in [0.2, 0.25) is 0 Å². The third kappa shape index (κ3) is 2.78. The number of hydrogen-bond donors (Lipinski definition) is 0. The van der Waals surface area contributed by atoms with E-state index in [1.165, 1.54) is 0 Å². The molecule has 5 aromatic rings. The second-order valence-corrected chi connectivity index (χ2v) is 7.73. The van der Waals surface area contributed by atoms with Gasteiger partial charge in [-0.05, 0) is 37.6 Å². The van der Waals surface area contributed by atoms with E-state index in [0.717, 1.165) is 49.1 Å². The fourth-order valence-corrected chi connectivity index (χ4v) is 4.25. The Morgan fingerprint density at radius 1 is 0.821 bits per heavy atom. The summed E-state index contributed by atoms with van der Waals surface area (Å²) in [5, 5.41) is 11.3. The second-order valence-electron chi connectivity index (χ2n) is 6.65. The molecule has 28 heavy (non-hydrogen) atoms. The second kappa shape index (κ2) is 6.65. The first-order valence-corrected chi connectivity index (χ1v) is 9.81. The fourth-order valence-electron chi connectivity index (χ4n) is 3.27. The van der Waals surface area contributed by atoms with Gasteiger partial charge >= 0.3 is 0 Å². The highest BCUT2D eigenvalue weighted by molar-refractivity contribution is 7.18. The molecule has 0 unspecified atom stereocenters. The summed E-state index contributed by atoms with van der Waals surface area (Å²) in [4.78, 5) is 11.1. The molecule has 0 saturated carbocycles. The largest absolute Gasteiger partial charge is 0.286 e. The number of aryl methyl sites for hydroxylation is 2. The van der Waals surface area contributed by atoms with Gasteiger partial charge in [-0.1, -0.05) is 30.3 Å². The minimum Gasteiger partial charge on any atom is -0.286 e. The zero-order chi connectivity index (χ0) is 19.1. The van der Waals surface area contributed by atoms with Crippen LogP contribution in [0.25, 0.3) is 37.7 Å². The number of thiophene rings is 1. The lowest BCUT2D eigenvalue weighted by Gasteiger charge is -2.10. The lowest BCUT2D eigenvalue weighted by molar-refractivity contribution is 0.897. The predicted octanol–water partition coefficient (Wildman–Crippen LogP) is 5.22. The molecule has 0 aliphatic carbocycles. The van der Waals surface area contributed by atoms with E-state index < -0.39 is 0 Å². The summed E-state index contributed by atoms with van der Waals surface area (Å²) in [5.41, 5.74) is 3.02. The molecule has 6 heteroatoms.